The Labute approximate surface area is 94.1 Å². The van der Waals surface area contributed by atoms with Gasteiger partial charge in [0.05, 0.1) is 4.90 Å². The molecule has 0 radical (unpaired) electrons. The SMILES string of the molecule is C=CC(C)(C(=O)O)S(=O)(=O)c1ccccc1. The Hall–Kier alpha value is -1.62. The zero-order valence-corrected chi connectivity index (χ0v) is 9.57. The summed E-state index contributed by atoms with van der Waals surface area (Å²) in [5.74, 6) is -1.44. The van der Waals surface area contributed by atoms with Crippen LogP contribution in [-0.4, -0.2) is 24.2 Å². The molecule has 4 nitrogen and oxygen atoms in total. The largest absolute Gasteiger partial charge is 0.480 e. The van der Waals surface area contributed by atoms with Crippen molar-refractivity contribution in [1.29, 1.82) is 0 Å². The van der Waals surface area contributed by atoms with E-state index >= 15 is 0 Å². The Kier molecular flexibility index (Phi) is 3.19. The summed E-state index contributed by atoms with van der Waals surface area (Å²) >= 11 is 0. The van der Waals surface area contributed by atoms with E-state index in [9.17, 15) is 13.2 Å². The highest BCUT2D eigenvalue weighted by Gasteiger charge is 2.44. The molecule has 0 aliphatic heterocycles. The number of carboxylic acids is 1. The second-order valence-electron chi connectivity index (χ2n) is 3.43. The van der Waals surface area contributed by atoms with Crippen LogP contribution in [0.2, 0.25) is 0 Å². The lowest BCUT2D eigenvalue weighted by molar-refractivity contribution is -0.138. The lowest BCUT2D eigenvalue weighted by Crippen LogP contribution is -2.41. The van der Waals surface area contributed by atoms with Crippen LogP contribution in [-0.2, 0) is 14.6 Å². The molecule has 0 fully saturated rings. The molecule has 1 aromatic rings. The van der Waals surface area contributed by atoms with Crippen molar-refractivity contribution in [3.63, 3.8) is 0 Å². The highest BCUT2D eigenvalue weighted by molar-refractivity contribution is 7.93. The molecule has 0 aliphatic rings. The number of hydrogen-bond acceptors (Lipinski definition) is 3. The lowest BCUT2D eigenvalue weighted by atomic mass is 10.2. The van der Waals surface area contributed by atoms with Crippen molar-refractivity contribution in [3.8, 4) is 0 Å². The summed E-state index contributed by atoms with van der Waals surface area (Å²) in [5, 5.41) is 8.98. The minimum absolute atomic E-state index is 0.0280. The molecule has 1 rings (SSSR count). The fourth-order valence-electron chi connectivity index (χ4n) is 1.16. The van der Waals surface area contributed by atoms with Crippen LogP contribution in [0.5, 0.6) is 0 Å². The Morgan fingerprint density at radius 3 is 2.25 bits per heavy atom. The van der Waals surface area contributed by atoms with Gasteiger partial charge in [0.25, 0.3) is 0 Å². The molecule has 5 heteroatoms. The quantitative estimate of drug-likeness (QED) is 0.809. The molecule has 0 aromatic heterocycles. The Balaban J connectivity index is 3.43. The van der Waals surface area contributed by atoms with Gasteiger partial charge in [-0.05, 0) is 19.1 Å². The first-order chi connectivity index (χ1) is 7.36. The number of hydrogen-bond donors (Lipinski definition) is 1. The van der Waals surface area contributed by atoms with Crippen LogP contribution in [0, 0.1) is 0 Å². The predicted molar refractivity (Wildman–Crippen MR) is 59.9 cm³/mol. The fourth-order valence-corrected chi connectivity index (χ4v) is 2.61. The summed E-state index contributed by atoms with van der Waals surface area (Å²) in [4.78, 5) is 11.0. The highest BCUT2D eigenvalue weighted by Crippen LogP contribution is 2.26. The third-order valence-corrected chi connectivity index (χ3v) is 4.78. The number of carboxylic acid groups (broad SMARTS) is 1. The van der Waals surface area contributed by atoms with Gasteiger partial charge in [0.1, 0.15) is 0 Å². The molecule has 1 aromatic carbocycles. The molecule has 0 spiro atoms. The number of rotatable bonds is 4. The van der Waals surface area contributed by atoms with E-state index in [4.69, 9.17) is 5.11 Å². The number of carbonyl (C=O) groups is 1. The summed E-state index contributed by atoms with van der Waals surface area (Å²) < 4.78 is 22.1. The first kappa shape index (κ1) is 12.4. The van der Waals surface area contributed by atoms with Crippen molar-refractivity contribution in [2.24, 2.45) is 0 Å². The molecule has 0 amide bonds. The van der Waals surface area contributed by atoms with Gasteiger partial charge in [0, 0.05) is 0 Å². The average molecular weight is 240 g/mol. The monoisotopic (exact) mass is 240 g/mol. The third-order valence-electron chi connectivity index (χ3n) is 2.43. The summed E-state index contributed by atoms with van der Waals surface area (Å²) in [6, 6.07) is 7.46. The Bertz CT molecular complexity index is 504. The van der Waals surface area contributed by atoms with E-state index in [1.165, 1.54) is 24.3 Å². The van der Waals surface area contributed by atoms with Gasteiger partial charge in [0.15, 0.2) is 14.6 Å². The topological polar surface area (TPSA) is 71.4 Å². The number of sulfone groups is 1. The molecule has 16 heavy (non-hydrogen) atoms. The predicted octanol–water partition coefficient (Wildman–Crippen LogP) is 1.49. The van der Waals surface area contributed by atoms with Crippen molar-refractivity contribution in [3.05, 3.63) is 43.0 Å². The van der Waals surface area contributed by atoms with Gasteiger partial charge < -0.3 is 5.11 Å². The van der Waals surface area contributed by atoms with Crippen LogP contribution < -0.4 is 0 Å². The number of benzene rings is 1. The smallest absolute Gasteiger partial charge is 0.329 e. The normalized spacial score (nSPS) is 15.1. The van der Waals surface area contributed by atoms with E-state index in [2.05, 4.69) is 6.58 Å². The van der Waals surface area contributed by atoms with Gasteiger partial charge in [-0.25, -0.2) is 8.42 Å². The van der Waals surface area contributed by atoms with Crippen molar-refractivity contribution >= 4 is 15.8 Å². The minimum atomic E-state index is -3.97. The molecule has 0 heterocycles. The molecular weight excluding hydrogens is 228 g/mol. The average Bonchev–Trinajstić information content (AvgIpc) is 2.28. The van der Waals surface area contributed by atoms with Crippen molar-refractivity contribution < 1.29 is 18.3 Å². The molecule has 1 unspecified atom stereocenters. The summed E-state index contributed by atoms with van der Waals surface area (Å²) in [6.07, 6.45) is 0.928. The van der Waals surface area contributed by atoms with Gasteiger partial charge in [-0.15, -0.1) is 6.58 Å². The maximum atomic E-state index is 12.1. The molecule has 0 bridgehead atoms. The van der Waals surface area contributed by atoms with E-state index in [0.29, 0.717) is 0 Å². The van der Waals surface area contributed by atoms with Crippen molar-refractivity contribution in [2.75, 3.05) is 0 Å². The van der Waals surface area contributed by atoms with Gasteiger partial charge >= 0.3 is 5.97 Å². The molecule has 1 N–H and O–H groups in total. The first-order valence-corrected chi connectivity index (χ1v) is 6.01. The van der Waals surface area contributed by atoms with Crippen molar-refractivity contribution in [2.45, 2.75) is 16.6 Å². The fraction of sp³-hybridized carbons (Fsp3) is 0.182. The second kappa shape index (κ2) is 4.09. The summed E-state index contributed by atoms with van der Waals surface area (Å²) in [6.45, 7) is 4.40. The van der Waals surface area contributed by atoms with Gasteiger partial charge in [-0.1, -0.05) is 24.3 Å². The highest BCUT2D eigenvalue weighted by atomic mass is 32.2. The van der Waals surface area contributed by atoms with E-state index < -0.39 is 20.6 Å². The van der Waals surface area contributed by atoms with Crippen LogP contribution >= 0.6 is 0 Å². The van der Waals surface area contributed by atoms with Crippen LogP contribution in [0.15, 0.2) is 47.9 Å². The summed E-state index contributed by atoms with van der Waals surface area (Å²) in [7, 11) is -3.97. The van der Waals surface area contributed by atoms with Crippen LogP contribution in [0.4, 0.5) is 0 Å². The van der Waals surface area contributed by atoms with Gasteiger partial charge in [0.2, 0.25) is 0 Å². The Morgan fingerprint density at radius 2 is 1.88 bits per heavy atom. The Morgan fingerprint density at radius 1 is 1.38 bits per heavy atom. The zero-order chi connectivity index (χ0) is 12.4. The van der Waals surface area contributed by atoms with Gasteiger partial charge in [-0.3, -0.25) is 4.79 Å². The minimum Gasteiger partial charge on any atom is -0.480 e. The van der Waals surface area contributed by atoms with Crippen LogP contribution in [0.3, 0.4) is 0 Å². The van der Waals surface area contributed by atoms with E-state index in [-0.39, 0.29) is 4.90 Å². The zero-order valence-electron chi connectivity index (χ0n) is 8.75. The lowest BCUT2D eigenvalue weighted by Gasteiger charge is -2.20. The summed E-state index contributed by atoms with van der Waals surface area (Å²) in [5.41, 5.74) is 0. The first-order valence-electron chi connectivity index (χ1n) is 4.53. The second-order valence-corrected chi connectivity index (χ2v) is 5.76. The van der Waals surface area contributed by atoms with Crippen molar-refractivity contribution in [1.82, 2.24) is 0 Å². The number of aliphatic carboxylic acids is 1. The van der Waals surface area contributed by atoms with E-state index in [1.54, 1.807) is 6.07 Å². The molecular formula is C11H12O4S. The van der Waals surface area contributed by atoms with E-state index in [1.807, 2.05) is 0 Å². The molecule has 0 aliphatic carbocycles. The van der Waals surface area contributed by atoms with E-state index in [0.717, 1.165) is 13.0 Å². The standard InChI is InChI=1S/C11H12O4S/c1-3-11(2,10(12)13)16(14,15)9-7-5-4-6-8-9/h3-8H,1H2,2H3,(H,12,13). The third kappa shape index (κ3) is 1.74. The maximum Gasteiger partial charge on any atom is 0.329 e. The molecule has 86 valence electrons. The molecule has 0 saturated carbocycles. The van der Waals surface area contributed by atoms with Crippen LogP contribution in [0.25, 0.3) is 0 Å². The van der Waals surface area contributed by atoms with Crippen LogP contribution in [0.1, 0.15) is 6.92 Å². The molecule has 0 saturated heterocycles. The van der Waals surface area contributed by atoms with Gasteiger partial charge in [-0.2, -0.15) is 0 Å². The molecule has 1 atom stereocenters. The maximum absolute atomic E-state index is 12.1.